The number of carbonyl (C=O) groups excluding carboxylic acids is 2. The fourth-order valence-electron chi connectivity index (χ4n) is 3.91. The number of nitrogens with zero attached hydrogens (tertiary/aromatic N) is 2. The molecule has 2 amide bonds. The van der Waals surface area contributed by atoms with E-state index in [1.165, 1.54) is 0 Å². The first-order valence-electron chi connectivity index (χ1n) is 9.52. The molecule has 2 saturated heterocycles. The smallest absolute Gasteiger partial charge is 0.253 e. The predicted octanol–water partition coefficient (Wildman–Crippen LogP) is 1.50. The molecule has 2 aliphatic heterocycles. The highest BCUT2D eigenvalue weighted by atomic mass is 16.5. The molecule has 6 nitrogen and oxygen atoms in total. The van der Waals surface area contributed by atoms with E-state index in [1.807, 2.05) is 47.2 Å². The molecule has 1 unspecified atom stereocenters. The zero-order valence-electron chi connectivity index (χ0n) is 15.5. The number of likely N-dealkylation sites (tertiary alicyclic amines) is 1. The standard InChI is InChI=1S/C20H29N3O3/c1-22(20(25)18(21)15-9-13-26-14-10-15)17-7-11-23(12-8-17)19(24)16-5-3-2-4-6-16/h2-6,15,17-18H,7-14,21H2,1H3. The highest BCUT2D eigenvalue weighted by Crippen LogP contribution is 2.22. The molecule has 2 heterocycles. The van der Waals surface area contributed by atoms with E-state index in [2.05, 4.69) is 0 Å². The number of hydrogen-bond donors (Lipinski definition) is 1. The molecule has 2 aliphatic rings. The van der Waals surface area contributed by atoms with Crippen LogP contribution in [0.4, 0.5) is 0 Å². The summed E-state index contributed by atoms with van der Waals surface area (Å²) in [7, 11) is 1.85. The first-order valence-corrected chi connectivity index (χ1v) is 9.52. The lowest BCUT2D eigenvalue weighted by Crippen LogP contribution is -2.53. The van der Waals surface area contributed by atoms with Gasteiger partial charge in [-0.05, 0) is 43.7 Å². The second-order valence-corrected chi connectivity index (χ2v) is 7.31. The topological polar surface area (TPSA) is 75.9 Å². The lowest BCUT2D eigenvalue weighted by molar-refractivity contribution is -0.136. The minimum atomic E-state index is -0.451. The van der Waals surface area contributed by atoms with Gasteiger partial charge in [0.2, 0.25) is 5.91 Å². The molecular weight excluding hydrogens is 330 g/mol. The molecule has 0 aromatic heterocycles. The Morgan fingerprint density at radius 3 is 2.35 bits per heavy atom. The lowest BCUT2D eigenvalue weighted by atomic mass is 9.90. The molecule has 3 rings (SSSR count). The number of rotatable bonds is 4. The Kier molecular flexibility index (Phi) is 6.27. The van der Waals surface area contributed by atoms with E-state index in [4.69, 9.17) is 10.5 Å². The van der Waals surface area contributed by atoms with Crippen molar-refractivity contribution in [3.8, 4) is 0 Å². The van der Waals surface area contributed by atoms with Gasteiger partial charge in [-0.15, -0.1) is 0 Å². The van der Waals surface area contributed by atoms with Crippen molar-refractivity contribution in [2.75, 3.05) is 33.4 Å². The average Bonchev–Trinajstić information content (AvgIpc) is 2.73. The van der Waals surface area contributed by atoms with Gasteiger partial charge in [-0.1, -0.05) is 18.2 Å². The van der Waals surface area contributed by atoms with E-state index in [0.29, 0.717) is 26.3 Å². The summed E-state index contributed by atoms with van der Waals surface area (Å²) in [6.07, 6.45) is 3.29. The zero-order chi connectivity index (χ0) is 18.5. The highest BCUT2D eigenvalue weighted by Gasteiger charge is 2.33. The molecular formula is C20H29N3O3. The molecule has 0 bridgehead atoms. The van der Waals surface area contributed by atoms with Crippen LogP contribution in [0, 0.1) is 5.92 Å². The summed E-state index contributed by atoms with van der Waals surface area (Å²) in [5.41, 5.74) is 6.96. The second kappa shape index (κ2) is 8.64. The van der Waals surface area contributed by atoms with Crippen molar-refractivity contribution in [1.82, 2.24) is 9.80 Å². The maximum Gasteiger partial charge on any atom is 0.253 e. The molecule has 2 N–H and O–H groups in total. The van der Waals surface area contributed by atoms with Gasteiger partial charge in [0.25, 0.3) is 5.91 Å². The quantitative estimate of drug-likeness (QED) is 0.884. The fraction of sp³-hybridized carbons (Fsp3) is 0.600. The van der Waals surface area contributed by atoms with Gasteiger partial charge >= 0.3 is 0 Å². The van der Waals surface area contributed by atoms with Gasteiger partial charge in [0.05, 0.1) is 6.04 Å². The van der Waals surface area contributed by atoms with Crippen LogP contribution >= 0.6 is 0 Å². The van der Waals surface area contributed by atoms with E-state index in [9.17, 15) is 9.59 Å². The number of hydrogen-bond acceptors (Lipinski definition) is 4. The number of amides is 2. The van der Waals surface area contributed by atoms with Crippen molar-refractivity contribution < 1.29 is 14.3 Å². The van der Waals surface area contributed by atoms with E-state index in [-0.39, 0.29) is 23.8 Å². The number of likely N-dealkylation sites (N-methyl/N-ethyl adjacent to an activating group) is 1. The zero-order valence-corrected chi connectivity index (χ0v) is 15.5. The Morgan fingerprint density at radius 1 is 1.12 bits per heavy atom. The van der Waals surface area contributed by atoms with Crippen molar-refractivity contribution in [2.24, 2.45) is 11.7 Å². The van der Waals surface area contributed by atoms with E-state index in [1.54, 1.807) is 0 Å². The summed E-state index contributed by atoms with van der Waals surface area (Å²) in [5, 5.41) is 0. The molecule has 1 atom stereocenters. The van der Waals surface area contributed by atoms with Crippen LogP contribution in [-0.4, -0.2) is 67.0 Å². The van der Waals surface area contributed by atoms with Crippen LogP contribution in [0.25, 0.3) is 0 Å². The van der Waals surface area contributed by atoms with Gasteiger partial charge < -0.3 is 20.3 Å². The molecule has 0 spiro atoms. The first kappa shape index (κ1) is 18.9. The fourth-order valence-corrected chi connectivity index (χ4v) is 3.91. The minimum absolute atomic E-state index is 0.0183. The largest absolute Gasteiger partial charge is 0.381 e. The third-order valence-electron chi connectivity index (χ3n) is 5.73. The molecule has 0 radical (unpaired) electrons. The molecule has 0 saturated carbocycles. The molecule has 142 valence electrons. The third-order valence-corrected chi connectivity index (χ3v) is 5.73. The SMILES string of the molecule is CN(C(=O)C(N)C1CCOCC1)C1CCN(C(=O)c2ccccc2)CC1. The number of carbonyl (C=O) groups is 2. The monoisotopic (exact) mass is 359 g/mol. The van der Waals surface area contributed by atoms with Crippen LogP contribution in [0.3, 0.4) is 0 Å². The van der Waals surface area contributed by atoms with Crippen molar-refractivity contribution in [2.45, 2.75) is 37.8 Å². The number of ether oxygens (including phenoxy) is 1. The van der Waals surface area contributed by atoms with Crippen LogP contribution in [0.5, 0.6) is 0 Å². The van der Waals surface area contributed by atoms with Gasteiger partial charge in [0.15, 0.2) is 0 Å². The lowest BCUT2D eigenvalue weighted by Gasteiger charge is -2.39. The maximum absolute atomic E-state index is 12.8. The molecule has 6 heteroatoms. The van der Waals surface area contributed by atoms with Gasteiger partial charge in [-0.3, -0.25) is 9.59 Å². The first-order chi connectivity index (χ1) is 12.6. The Bertz CT molecular complexity index is 608. The van der Waals surface area contributed by atoms with Crippen LogP contribution in [0.2, 0.25) is 0 Å². The van der Waals surface area contributed by atoms with E-state index in [0.717, 1.165) is 31.2 Å². The molecule has 26 heavy (non-hydrogen) atoms. The highest BCUT2D eigenvalue weighted by molar-refractivity contribution is 5.94. The summed E-state index contributed by atoms with van der Waals surface area (Å²) in [6.45, 7) is 2.72. The summed E-state index contributed by atoms with van der Waals surface area (Å²) < 4.78 is 5.36. The van der Waals surface area contributed by atoms with E-state index >= 15 is 0 Å². The summed E-state index contributed by atoms with van der Waals surface area (Å²) in [5.74, 6) is 0.292. The van der Waals surface area contributed by atoms with Crippen molar-refractivity contribution >= 4 is 11.8 Å². The normalized spacial score (nSPS) is 20.6. The van der Waals surface area contributed by atoms with Gasteiger partial charge in [0.1, 0.15) is 0 Å². The van der Waals surface area contributed by atoms with Gasteiger partial charge in [0, 0.05) is 45.0 Å². The Morgan fingerprint density at radius 2 is 1.73 bits per heavy atom. The predicted molar refractivity (Wildman–Crippen MR) is 99.7 cm³/mol. The van der Waals surface area contributed by atoms with Crippen molar-refractivity contribution in [1.29, 1.82) is 0 Å². The average molecular weight is 359 g/mol. The van der Waals surface area contributed by atoms with Crippen LogP contribution in [0.15, 0.2) is 30.3 Å². The van der Waals surface area contributed by atoms with Crippen LogP contribution in [-0.2, 0) is 9.53 Å². The van der Waals surface area contributed by atoms with Crippen LogP contribution < -0.4 is 5.73 Å². The van der Waals surface area contributed by atoms with Crippen LogP contribution in [0.1, 0.15) is 36.0 Å². The Balaban J connectivity index is 1.52. The molecule has 1 aromatic carbocycles. The number of piperidine rings is 1. The Hall–Kier alpha value is -1.92. The minimum Gasteiger partial charge on any atom is -0.381 e. The number of nitrogens with two attached hydrogens (primary N) is 1. The summed E-state index contributed by atoms with van der Waals surface area (Å²) in [4.78, 5) is 29.0. The van der Waals surface area contributed by atoms with Crippen molar-refractivity contribution in [3.05, 3.63) is 35.9 Å². The Labute approximate surface area is 155 Å². The number of benzene rings is 1. The summed E-state index contributed by atoms with van der Waals surface area (Å²) >= 11 is 0. The van der Waals surface area contributed by atoms with E-state index < -0.39 is 6.04 Å². The molecule has 1 aromatic rings. The molecule has 2 fully saturated rings. The van der Waals surface area contributed by atoms with Crippen molar-refractivity contribution in [3.63, 3.8) is 0 Å². The van der Waals surface area contributed by atoms with Gasteiger partial charge in [-0.25, -0.2) is 0 Å². The van der Waals surface area contributed by atoms with Gasteiger partial charge in [-0.2, -0.15) is 0 Å². The summed E-state index contributed by atoms with van der Waals surface area (Å²) in [6, 6.07) is 9.05. The third kappa shape index (κ3) is 4.24. The second-order valence-electron chi connectivity index (χ2n) is 7.31. The molecule has 0 aliphatic carbocycles. The maximum atomic E-state index is 12.8.